The number of rotatable bonds is 4. The molecule has 0 saturated carbocycles. The van der Waals surface area contributed by atoms with Gasteiger partial charge in [-0.25, -0.2) is 9.37 Å². The van der Waals surface area contributed by atoms with Gasteiger partial charge in [-0.2, -0.15) is 0 Å². The number of imidazole rings is 1. The SMILES string of the molecule is CO/C=C/c1c(F)cccc1-c1ccc2nc(N)c(C=O)n2c1. The maximum Gasteiger partial charge on any atom is 0.170 e. The number of nitrogens with two attached hydrogens (primary N) is 1. The minimum Gasteiger partial charge on any atom is -0.504 e. The molecule has 0 bridgehead atoms. The fourth-order valence-corrected chi connectivity index (χ4v) is 2.45. The molecule has 0 fully saturated rings. The summed E-state index contributed by atoms with van der Waals surface area (Å²) in [5.41, 5.74) is 8.34. The molecule has 116 valence electrons. The summed E-state index contributed by atoms with van der Waals surface area (Å²) in [5.74, 6) is -0.201. The van der Waals surface area contributed by atoms with E-state index in [9.17, 15) is 9.18 Å². The first-order valence-electron chi connectivity index (χ1n) is 6.86. The average Bonchev–Trinajstić information content (AvgIpc) is 2.87. The van der Waals surface area contributed by atoms with Gasteiger partial charge in [0, 0.05) is 11.8 Å². The highest BCUT2D eigenvalue weighted by Crippen LogP contribution is 2.28. The van der Waals surface area contributed by atoms with Gasteiger partial charge in [0.2, 0.25) is 0 Å². The summed E-state index contributed by atoms with van der Waals surface area (Å²) in [6.45, 7) is 0. The molecule has 0 radical (unpaired) electrons. The van der Waals surface area contributed by atoms with Crippen LogP contribution in [0.1, 0.15) is 16.1 Å². The van der Waals surface area contributed by atoms with Gasteiger partial charge in [-0.05, 0) is 35.4 Å². The monoisotopic (exact) mass is 311 g/mol. The van der Waals surface area contributed by atoms with Gasteiger partial charge in [-0.3, -0.25) is 9.20 Å². The van der Waals surface area contributed by atoms with E-state index in [0.717, 1.165) is 5.56 Å². The highest BCUT2D eigenvalue weighted by Gasteiger charge is 2.12. The number of carbonyl (C=O) groups excluding carboxylic acids is 1. The first-order chi connectivity index (χ1) is 11.2. The summed E-state index contributed by atoms with van der Waals surface area (Å²) in [5, 5.41) is 0. The second-order valence-electron chi connectivity index (χ2n) is 4.89. The summed E-state index contributed by atoms with van der Waals surface area (Å²) < 4.78 is 20.6. The zero-order valence-corrected chi connectivity index (χ0v) is 12.4. The first-order valence-corrected chi connectivity index (χ1v) is 6.86. The van der Waals surface area contributed by atoms with Crippen molar-refractivity contribution in [2.45, 2.75) is 0 Å². The van der Waals surface area contributed by atoms with Crippen LogP contribution in [0.25, 0.3) is 22.9 Å². The molecule has 0 aliphatic heterocycles. The smallest absolute Gasteiger partial charge is 0.170 e. The molecule has 1 aromatic carbocycles. The normalized spacial score (nSPS) is 11.2. The predicted octanol–water partition coefficient (Wildman–Crippen LogP) is 3.15. The molecule has 6 heteroatoms. The van der Waals surface area contributed by atoms with Gasteiger partial charge < -0.3 is 10.5 Å². The molecule has 0 atom stereocenters. The van der Waals surface area contributed by atoms with E-state index in [-0.39, 0.29) is 17.3 Å². The van der Waals surface area contributed by atoms with Crippen LogP contribution in [0.15, 0.2) is 42.8 Å². The van der Waals surface area contributed by atoms with E-state index in [1.807, 2.05) is 0 Å². The van der Waals surface area contributed by atoms with Crippen LogP contribution < -0.4 is 5.73 Å². The zero-order chi connectivity index (χ0) is 16.4. The van der Waals surface area contributed by atoms with E-state index >= 15 is 0 Å². The van der Waals surface area contributed by atoms with Crippen LogP contribution in [0.2, 0.25) is 0 Å². The number of nitrogens with zero attached hydrogens (tertiary/aromatic N) is 2. The van der Waals surface area contributed by atoms with Crippen molar-refractivity contribution in [2.75, 3.05) is 12.8 Å². The molecule has 0 amide bonds. The van der Waals surface area contributed by atoms with Crippen LogP contribution in [0.4, 0.5) is 10.2 Å². The molecule has 5 nitrogen and oxygen atoms in total. The van der Waals surface area contributed by atoms with E-state index in [1.54, 1.807) is 40.9 Å². The van der Waals surface area contributed by atoms with Crippen LogP contribution in [-0.4, -0.2) is 22.8 Å². The Morgan fingerprint density at radius 3 is 2.87 bits per heavy atom. The lowest BCUT2D eigenvalue weighted by Gasteiger charge is -2.08. The summed E-state index contributed by atoms with van der Waals surface area (Å²) in [4.78, 5) is 15.3. The van der Waals surface area contributed by atoms with E-state index in [1.165, 1.54) is 19.4 Å². The van der Waals surface area contributed by atoms with Gasteiger partial charge >= 0.3 is 0 Å². The molecule has 0 unspecified atom stereocenters. The lowest BCUT2D eigenvalue weighted by Crippen LogP contribution is -1.96. The quantitative estimate of drug-likeness (QED) is 0.593. The topological polar surface area (TPSA) is 69.6 Å². The minimum atomic E-state index is -0.364. The van der Waals surface area contributed by atoms with E-state index in [2.05, 4.69) is 4.98 Å². The van der Waals surface area contributed by atoms with E-state index in [4.69, 9.17) is 10.5 Å². The number of nitrogen functional groups attached to an aromatic ring is 1. The second kappa shape index (κ2) is 5.92. The van der Waals surface area contributed by atoms with Crippen molar-refractivity contribution in [1.82, 2.24) is 9.38 Å². The van der Waals surface area contributed by atoms with Crippen LogP contribution in [-0.2, 0) is 4.74 Å². The Hall–Kier alpha value is -3.15. The van der Waals surface area contributed by atoms with Crippen molar-refractivity contribution in [3.8, 4) is 11.1 Å². The Morgan fingerprint density at radius 1 is 1.30 bits per heavy atom. The molecule has 23 heavy (non-hydrogen) atoms. The van der Waals surface area contributed by atoms with Crippen molar-refractivity contribution in [3.05, 3.63) is 59.9 Å². The minimum absolute atomic E-state index is 0.163. The Labute approximate surface area is 131 Å². The molecule has 2 heterocycles. The number of hydrogen-bond acceptors (Lipinski definition) is 4. The Balaban J connectivity index is 2.23. The second-order valence-corrected chi connectivity index (χ2v) is 4.89. The third kappa shape index (κ3) is 2.55. The van der Waals surface area contributed by atoms with Gasteiger partial charge in [0.15, 0.2) is 12.1 Å². The number of carbonyl (C=O) groups is 1. The van der Waals surface area contributed by atoms with Crippen LogP contribution >= 0.6 is 0 Å². The number of fused-ring (bicyclic) bond motifs is 1. The van der Waals surface area contributed by atoms with Crippen molar-refractivity contribution in [2.24, 2.45) is 0 Å². The standard InChI is InChI=1S/C17H14FN3O2/c1-23-8-7-13-12(3-2-4-14(13)18)11-5-6-16-20-17(19)15(10-22)21(16)9-11/h2-10H,19H2,1H3/b8-7+. The highest BCUT2D eigenvalue weighted by molar-refractivity contribution is 5.83. The largest absolute Gasteiger partial charge is 0.504 e. The first kappa shape index (κ1) is 14.8. The number of benzene rings is 1. The lowest BCUT2D eigenvalue weighted by atomic mass is 10.0. The molecule has 2 aromatic heterocycles. The van der Waals surface area contributed by atoms with Gasteiger partial charge in [-0.15, -0.1) is 0 Å². The number of ether oxygens (including phenoxy) is 1. The molecule has 2 N–H and O–H groups in total. The molecule has 0 aliphatic rings. The molecule has 3 rings (SSSR count). The Kier molecular flexibility index (Phi) is 3.80. The molecular formula is C17H14FN3O2. The maximum atomic E-state index is 14.1. The summed E-state index contributed by atoms with van der Waals surface area (Å²) in [7, 11) is 1.49. The van der Waals surface area contributed by atoms with Gasteiger partial charge in [0.05, 0.1) is 13.4 Å². The zero-order valence-electron chi connectivity index (χ0n) is 12.4. The summed E-state index contributed by atoms with van der Waals surface area (Å²) in [6.07, 6.45) is 5.32. The number of methoxy groups -OCH3 is 1. The molecule has 3 aromatic rings. The third-order valence-electron chi connectivity index (χ3n) is 3.53. The fourth-order valence-electron chi connectivity index (χ4n) is 2.45. The maximum absolute atomic E-state index is 14.1. The number of halogens is 1. The fraction of sp³-hybridized carbons (Fsp3) is 0.0588. The van der Waals surface area contributed by atoms with Crippen molar-refractivity contribution in [1.29, 1.82) is 0 Å². The molecule has 0 spiro atoms. The lowest BCUT2D eigenvalue weighted by molar-refractivity contribution is 0.111. The van der Waals surface area contributed by atoms with Crippen LogP contribution in [0.5, 0.6) is 0 Å². The van der Waals surface area contributed by atoms with Crippen molar-refractivity contribution >= 4 is 23.8 Å². The number of aromatic nitrogens is 2. The van der Waals surface area contributed by atoms with Crippen molar-refractivity contribution in [3.63, 3.8) is 0 Å². The number of pyridine rings is 1. The third-order valence-corrected chi connectivity index (χ3v) is 3.53. The number of aldehydes is 1. The average molecular weight is 311 g/mol. The Bertz CT molecular complexity index is 916. The molecule has 0 saturated heterocycles. The highest BCUT2D eigenvalue weighted by atomic mass is 19.1. The summed E-state index contributed by atoms with van der Waals surface area (Å²) in [6, 6.07) is 8.33. The number of hydrogen-bond donors (Lipinski definition) is 1. The van der Waals surface area contributed by atoms with Gasteiger partial charge in [-0.1, -0.05) is 12.1 Å². The van der Waals surface area contributed by atoms with Crippen LogP contribution in [0, 0.1) is 5.82 Å². The van der Waals surface area contributed by atoms with E-state index in [0.29, 0.717) is 23.1 Å². The molecule has 0 aliphatic carbocycles. The van der Waals surface area contributed by atoms with Crippen molar-refractivity contribution < 1.29 is 13.9 Å². The Morgan fingerprint density at radius 2 is 2.13 bits per heavy atom. The molecular weight excluding hydrogens is 297 g/mol. The predicted molar refractivity (Wildman–Crippen MR) is 86.4 cm³/mol. The van der Waals surface area contributed by atoms with E-state index < -0.39 is 0 Å². The van der Waals surface area contributed by atoms with Gasteiger partial charge in [0.1, 0.15) is 17.2 Å². The van der Waals surface area contributed by atoms with Crippen LogP contribution in [0.3, 0.4) is 0 Å². The van der Waals surface area contributed by atoms with Gasteiger partial charge in [0.25, 0.3) is 0 Å². The summed E-state index contributed by atoms with van der Waals surface area (Å²) >= 11 is 0. The number of anilines is 1.